The highest BCUT2D eigenvalue weighted by atomic mass is 32.2. The molecule has 0 fully saturated rings. The summed E-state index contributed by atoms with van der Waals surface area (Å²) >= 11 is 0. The third-order valence-corrected chi connectivity index (χ3v) is 3.32. The molecular formula is C10H7F3O4S. The third-order valence-electron chi connectivity index (χ3n) is 1.90. The van der Waals surface area contributed by atoms with Crippen LogP contribution in [-0.4, -0.2) is 19.5 Å². The van der Waals surface area contributed by atoms with Crippen molar-refractivity contribution in [1.29, 1.82) is 0 Å². The van der Waals surface area contributed by atoms with Crippen LogP contribution in [0.1, 0.15) is 5.56 Å². The first-order chi connectivity index (χ1) is 8.13. The Balaban J connectivity index is 3.10. The number of carboxylic acids is 1. The Kier molecular flexibility index (Phi) is 3.80. The van der Waals surface area contributed by atoms with Gasteiger partial charge < -0.3 is 5.11 Å². The predicted molar refractivity (Wildman–Crippen MR) is 55.4 cm³/mol. The van der Waals surface area contributed by atoms with Gasteiger partial charge in [-0.15, -0.1) is 0 Å². The lowest BCUT2D eigenvalue weighted by Crippen LogP contribution is -2.05. The molecule has 0 amide bonds. The zero-order chi connectivity index (χ0) is 14.0. The molecule has 98 valence electrons. The molecule has 0 saturated carbocycles. The van der Waals surface area contributed by atoms with E-state index < -0.39 is 32.4 Å². The second-order valence-corrected chi connectivity index (χ2v) is 5.04. The van der Waals surface area contributed by atoms with Crippen molar-refractivity contribution in [2.75, 3.05) is 0 Å². The third kappa shape index (κ3) is 3.59. The van der Waals surface area contributed by atoms with Gasteiger partial charge in [0.25, 0.3) is 0 Å². The summed E-state index contributed by atoms with van der Waals surface area (Å²) in [4.78, 5) is 9.75. The Morgan fingerprint density at radius 2 is 1.67 bits per heavy atom. The van der Waals surface area contributed by atoms with Gasteiger partial charge in [-0.05, 0) is 24.3 Å². The maximum absolute atomic E-state index is 12.2. The van der Waals surface area contributed by atoms with Gasteiger partial charge in [-0.1, -0.05) is 0 Å². The minimum atomic E-state index is -4.56. The van der Waals surface area contributed by atoms with E-state index in [2.05, 4.69) is 0 Å². The highest BCUT2D eigenvalue weighted by Gasteiger charge is 2.30. The van der Waals surface area contributed by atoms with Crippen LogP contribution in [0, 0.1) is 0 Å². The molecule has 0 aliphatic carbocycles. The van der Waals surface area contributed by atoms with Gasteiger partial charge in [0, 0.05) is 11.5 Å². The second-order valence-electron chi connectivity index (χ2n) is 3.21. The number of carboxylic acid groups (broad SMARTS) is 1. The molecule has 0 aromatic heterocycles. The minimum Gasteiger partial charge on any atom is -0.478 e. The van der Waals surface area contributed by atoms with Crippen LogP contribution < -0.4 is 0 Å². The van der Waals surface area contributed by atoms with Crippen LogP contribution in [0.15, 0.2) is 40.6 Å². The Morgan fingerprint density at radius 1 is 1.17 bits per heavy atom. The number of sulfone groups is 1. The van der Waals surface area contributed by atoms with Crippen LogP contribution >= 0.6 is 0 Å². The summed E-state index contributed by atoms with van der Waals surface area (Å²) < 4.78 is 59.6. The lowest BCUT2D eigenvalue weighted by molar-refractivity contribution is -0.137. The number of aliphatic carboxylic acids is 1. The van der Waals surface area contributed by atoms with Gasteiger partial charge in [0.05, 0.1) is 10.5 Å². The molecule has 0 heterocycles. The smallest absolute Gasteiger partial charge is 0.416 e. The van der Waals surface area contributed by atoms with E-state index in [1.165, 1.54) is 0 Å². The first-order valence-electron chi connectivity index (χ1n) is 4.46. The van der Waals surface area contributed by atoms with Crippen molar-refractivity contribution in [3.63, 3.8) is 0 Å². The van der Waals surface area contributed by atoms with Crippen molar-refractivity contribution < 1.29 is 31.5 Å². The molecule has 1 rings (SSSR count). The number of halogens is 3. The molecule has 0 radical (unpaired) electrons. The van der Waals surface area contributed by atoms with E-state index in [-0.39, 0.29) is 0 Å². The second kappa shape index (κ2) is 4.81. The quantitative estimate of drug-likeness (QED) is 0.860. The molecule has 1 N–H and O–H groups in total. The standard InChI is InChI=1S/C10H7F3O4S/c11-10(12,13)7-1-3-8(4-2-7)18(16,17)6-5-9(14)15/h1-6H,(H,14,15)/b6-5+. The number of rotatable bonds is 3. The van der Waals surface area contributed by atoms with Crippen molar-refractivity contribution in [3.8, 4) is 0 Å². The summed E-state index contributed by atoms with van der Waals surface area (Å²) in [7, 11) is -4.05. The molecule has 0 bridgehead atoms. The summed E-state index contributed by atoms with van der Waals surface area (Å²) in [6.07, 6.45) is -4.16. The lowest BCUT2D eigenvalue weighted by atomic mass is 10.2. The fraction of sp³-hybridized carbons (Fsp3) is 0.100. The van der Waals surface area contributed by atoms with Crippen molar-refractivity contribution in [3.05, 3.63) is 41.3 Å². The number of carbonyl (C=O) groups is 1. The normalized spacial score (nSPS) is 12.8. The van der Waals surface area contributed by atoms with Gasteiger partial charge in [0.1, 0.15) is 0 Å². The maximum atomic E-state index is 12.2. The maximum Gasteiger partial charge on any atom is 0.416 e. The number of benzene rings is 1. The topological polar surface area (TPSA) is 71.4 Å². The summed E-state index contributed by atoms with van der Waals surface area (Å²) in [6, 6.07) is 2.76. The fourth-order valence-corrected chi connectivity index (χ4v) is 2.03. The monoisotopic (exact) mass is 280 g/mol. The number of alkyl halides is 3. The SMILES string of the molecule is O=C(O)/C=C/S(=O)(=O)c1ccc(C(F)(F)F)cc1. The average molecular weight is 280 g/mol. The molecule has 0 aliphatic heterocycles. The van der Waals surface area contributed by atoms with Crippen LogP contribution in [-0.2, 0) is 20.8 Å². The molecule has 18 heavy (non-hydrogen) atoms. The van der Waals surface area contributed by atoms with E-state index in [4.69, 9.17) is 5.11 Å². The molecule has 0 spiro atoms. The molecule has 1 aromatic rings. The minimum absolute atomic E-state index is 0.396. The van der Waals surface area contributed by atoms with Crippen molar-refractivity contribution in [2.45, 2.75) is 11.1 Å². The van der Waals surface area contributed by atoms with Crippen LogP contribution in [0.4, 0.5) is 13.2 Å². The van der Waals surface area contributed by atoms with Crippen LogP contribution in [0.2, 0.25) is 0 Å². The molecule has 0 aliphatic rings. The summed E-state index contributed by atoms with van der Waals surface area (Å²) in [5.74, 6) is -1.47. The molecule has 0 saturated heterocycles. The summed E-state index contributed by atoms with van der Waals surface area (Å²) in [6.45, 7) is 0. The van der Waals surface area contributed by atoms with Crippen LogP contribution in [0.5, 0.6) is 0 Å². The first-order valence-corrected chi connectivity index (χ1v) is 6.01. The van der Waals surface area contributed by atoms with Crippen molar-refractivity contribution >= 4 is 15.8 Å². The highest BCUT2D eigenvalue weighted by molar-refractivity contribution is 7.94. The van der Waals surface area contributed by atoms with Crippen molar-refractivity contribution in [2.24, 2.45) is 0 Å². The molecule has 8 heteroatoms. The molecule has 4 nitrogen and oxygen atoms in total. The Hall–Kier alpha value is -1.83. The molecular weight excluding hydrogens is 273 g/mol. The van der Waals surface area contributed by atoms with E-state index >= 15 is 0 Å². The van der Waals surface area contributed by atoms with Crippen molar-refractivity contribution in [1.82, 2.24) is 0 Å². The van der Waals surface area contributed by atoms with E-state index in [1.807, 2.05) is 0 Å². The highest BCUT2D eigenvalue weighted by Crippen LogP contribution is 2.29. The van der Waals surface area contributed by atoms with Gasteiger partial charge in [0.2, 0.25) is 0 Å². The van der Waals surface area contributed by atoms with Gasteiger partial charge in [0.15, 0.2) is 9.84 Å². The van der Waals surface area contributed by atoms with E-state index in [1.54, 1.807) is 0 Å². The lowest BCUT2D eigenvalue weighted by Gasteiger charge is -2.06. The fourth-order valence-electron chi connectivity index (χ4n) is 1.06. The summed E-state index contributed by atoms with van der Waals surface area (Å²) in [5, 5.41) is 8.69. The first kappa shape index (κ1) is 14.2. The molecule has 0 atom stereocenters. The van der Waals surface area contributed by atoms with Gasteiger partial charge in [-0.25, -0.2) is 13.2 Å². The van der Waals surface area contributed by atoms with Gasteiger partial charge >= 0.3 is 12.1 Å². The molecule has 0 unspecified atom stereocenters. The van der Waals surface area contributed by atoms with Gasteiger partial charge in [-0.3, -0.25) is 0 Å². The Bertz CT molecular complexity index is 570. The Morgan fingerprint density at radius 3 is 2.06 bits per heavy atom. The predicted octanol–water partition coefficient (Wildman–Crippen LogP) is 2.08. The zero-order valence-electron chi connectivity index (χ0n) is 8.68. The Labute approximate surface area is 100 Å². The number of hydrogen-bond donors (Lipinski definition) is 1. The molecule has 1 aromatic carbocycles. The largest absolute Gasteiger partial charge is 0.478 e. The average Bonchev–Trinajstić information content (AvgIpc) is 2.26. The summed E-state index contributed by atoms with van der Waals surface area (Å²) in [5.41, 5.74) is -0.983. The van der Waals surface area contributed by atoms with Gasteiger partial charge in [-0.2, -0.15) is 13.2 Å². The van der Waals surface area contributed by atoms with E-state index in [0.29, 0.717) is 23.6 Å². The van der Waals surface area contributed by atoms with Crippen LogP contribution in [0.25, 0.3) is 0 Å². The zero-order valence-corrected chi connectivity index (χ0v) is 9.49. The van der Waals surface area contributed by atoms with Crippen LogP contribution in [0.3, 0.4) is 0 Å². The number of hydrogen-bond acceptors (Lipinski definition) is 3. The van der Waals surface area contributed by atoms with E-state index in [0.717, 1.165) is 12.1 Å². The van der Waals surface area contributed by atoms with E-state index in [9.17, 15) is 26.4 Å².